The molecule has 0 N–H and O–H groups in total. The highest BCUT2D eigenvalue weighted by molar-refractivity contribution is 5.86. The normalized spacial score (nSPS) is 12.6. The number of benzene rings is 2. The van der Waals surface area contributed by atoms with Gasteiger partial charge in [0.15, 0.2) is 0 Å². The second-order valence-corrected chi connectivity index (χ2v) is 9.36. The summed E-state index contributed by atoms with van der Waals surface area (Å²) in [6.45, 7) is 11.4. The van der Waals surface area contributed by atoms with Crippen molar-refractivity contribution in [1.82, 2.24) is 9.97 Å². The Hall–Kier alpha value is -2.74. The van der Waals surface area contributed by atoms with E-state index in [0.717, 1.165) is 17.5 Å². The van der Waals surface area contributed by atoms with Gasteiger partial charge in [-0.2, -0.15) is 0 Å². The highest BCUT2D eigenvalue weighted by atomic mass is 14.7. The Morgan fingerprint density at radius 2 is 1.43 bits per heavy atom. The molecule has 2 nitrogen and oxygen atoms in total. The lowest BCUT2D eigenvalue weighted by molar-refractivity contribution is 0.528. The van der Waals surface area contributed by atoms with Crippen molar-refractivity contribution >= 4 is 21.8 Å². The molecule has 0 unspecified atom stereocenters. The summed E-state index contributed by atoms with van der Waals surface area (Å²) in [5.41, 5.74) is 6.23. The van der Waals surface area contributed by atoms with Crippen LogP contribution in [0.15, 0.2) is 67.0 Å². The summed E-state index contributed by atoms with van der Waals surface area (Å²) in [6, 6.07) is 19.4. The highest BCUT2D eigenvalue weighted by Gasteiger charge is 2.25. The Balaban J connectivity index is 1.83. The van der Waals surface area contributed by atoms with Gasteiger partial charge < -0.3 is 0 Å². The number of fused-ring (bicyclic) bond motifs is 2. The number of rotatable bonds is 3. The zero-order chi connectivity index (χ0) is 19.9. The van der Waals surface area contributed by atoms with E-state index in [1.807, 2.05) is 18.5 Å². The fourth-order valence-electron chi connectivity index (χ4n) is 4.30. The lowest BCUT2D eigenvalue weighted by Gasteiger charge is -2.28. The van der Waals surface area contributed by atoms with Crippen LogP contribution in [0.4, 0.5) is 0 Å². The molecule has 28 heavy (non-hydrogen) atoms. The minimum atomic E-state index is -0.0315. The molecule has 0 spiro atoms. The first-order valence-electron chi connectivity index (χ1n) is 9.99. The Morgan fingerprint density at radius 3 is 2.21 bits per heavy atom. The predicted octanol–water partition coefficient (Wildman–Crippen LogP) is 6.60. The van der Waals surface area contributed by atoms with Crippen molar-refractivity contribution in [2.24, 2.45) is 0 Å². The van der Waals surface area contributed by atoms with E-state index >= 15 is 0 Å². The Kier molecular flexibility index (Phi) is 4.45. The van der Waals surface area contributed by atoms with Crippen LogP contribution in [0, 0.1) is 0 Å². The third-order valence-electron chi connectivity index (χ3n) is 5.67. The van der Waals surface area contributed by atoms with Gasteiger partial charge in [0, 0.05) is 23.2 Å². The molecule has 0 atom stereocenters. The lowest BCUT2D eigenvalue weighted by Crippen LogP contribution is -2.21. The first kappa shape index (κ1) is 18.6. The summed E-state index contributed by atoms with van der Waals surface area (Å²) in [5.74, 6) is 0. The van der Waals surface area contributed by atoms with Crippen LogP contribution in [0.5, 0.6) is 0 Å². The standard InChI is InChI=1S/C26H28N2/c1-25(2,3)21-14-16-28-24-18(9-6-10-20(21)24)17-26(4,5)22-12-7-13-23-19(22)11-8-15-27-23/h6-16H,17H2,1-5H3. The summed E-state index contributed by atoms with van der Waals surface area (Å²) in [4.78, 5) is 9.32. The average molecular weight is 369 g/mol. The molecule has 0 fully saturated rings. The van der Waals surface area contributed by atoms with E-state index in [0.29, 0.717) is 0 Å². The molecule has 0 aliphatic heterocycles. The Bertz CT molecular complexity index is 1140. The van der Waals surface area contributed by atoms with Crippen LogP contribution in [0.1, 0.15) is 51.3 Å². The molecule has 2 aromatic heterocycles. The quantitative estimate of drug-likeness (QED) is 0.407. The molecule has 4 rings (SSSR count). The van der Waals surface area contributed by atoms with Gasteiger partial charge in [-0.15, -0.1) is 0 Å². The molecule has 0 aliphatic rings. The SMILES string of the molecule is CC(C)(C)c1ccnc2c(CC(C)(C)c3cccc4ncccc34)cccc12. The van der Waals surface area contributed by atoms with Crippen LogP contribution in [-0.2, 0) is 17.3 Å². The van der Waals surface area contributed by atoms with Gasteiger partial charge in [-0.1, -0.05) is 71.0 Å². The van der Waals surface area contributed by atoms with E-state index in [1.165, 1.54) is 27.5 Å². The fourth-order valence-corrected chi connectivity index (χ4v) is 4.30. The fraction of sp³-hybridized carbons (Fsp3) is 0.308. The van der Waals surface area contributed by atoms with Gasteiger partial charge in [0.25, 0.3) is 0 Å². The monoisotopic (exact) mass is 368 g/mol. The Labute approximate surface area is 167 Å². The van der Waals surface area contributed by atoms with Crippen molar-refractivity contribution < 1.29 is 0 Å². The molecular weight excluding hydrogens is 340 g/mol. The number of pyridine rings is 2. The number of hydrogen-bond acceptors (Lipinski definition) is 2. The van der Waals surface area contributed by atoms with Crippen molar-refractivity contribution in [1.29, 1.82) is 0 Å². The summed E-state index contributed by atoms with van der Waals surface area (Å²) in [6.07, 6.45) is 4.75. The van der Waals surface area contributed by atoms with Crippen molar-refractivity contribution in [2.75, 3.05) is 0 Å². The van der Waals surface area contributed by atoms with Gasteiger partial charge in [-0.3, -0.25) is 9.97 Å². The number of hydrogen-bond donors (Lipinski definition) is 0. The van der Waals surface area contributed by atoms with Crippen LogP contribution < -0.4 is 0 Å². The molecule has 0 saturated heterocycles. The molecular formula is C26H28N2. The van der Waals surface area contributed by atoms with Gasteiger partial charge in [0.2, 0.25) is 0 Å². The second-order valence-electron chi connectivity index (χ2n) is 9.36. The van der Waals surface area contributed by atoms with Gasteiger partial charge in [0.05, 0.1) is 11.0 Å². The van der Waals surface area contributed by atoms with Crippen molar-refractivity contribution in [2.45, 2.75) is 51.9 Å². The number of aromatic nitrogens is 2. The molecule has 0 bridgehead atoms. The van der Waals surface area contributed by atoms with Crippen LogP contribution >= 0.6 is 0 Å². The number of para-hydroxylation sites is 1. The van der Waals surface area contributed by atoms with Gasteiger partial charge in [-0.25, -0.2) is 0 Å². The van der Waals surface area contributed by atoms with Crippen LogP contribution in [0.25, 0.3) is 21.8 Å². The maximum Gasteiger partial charge on any atom is 0.0737 e. The van der Waals surface area contributed by atoms with Crippen molar-refractivity contribution in [3.8, 4) is 0 Å². The smallest absolute Gasteiger partial charge is 0.0737 e. The minimum absolute atomic E-state index is 0.0315. The molecule has 2 heteroatoms. The first-order chi connectivity index (χ1) is 13.3. The third-order valence-corrected chi connectivity index (χ3v) is 5.67. The molecule has 0 saturated carbocycles. The summed E-state index contributed by atoms with van der Waals surface area (Å²) in [5, 5.41) is 2.50. The minimum Gasteiger partial charge on any atom is -0.256 e. The second kappa shape index (κ2) is 6.70. The molecule has 142 valence electrons. The molecule has 0 aliphatic carbocycles. The van der Waals surface area contributed by atoms with E-state index in [-0.39, 0.29) is 10.8 Å². The predicted molar refractivity (Wildman–Crippen MR) is 119 cm³/mol. The van der Waals surface area contributed by atoms with Gasteiger partial charge >= 0.3 is 0 Å². The van der Waals surface area contributed by atoms with Crippen molar-refractivity contribution in [3.63, 3.8) is 0 Å². The summed E-state index contributed by atoms with van der Waals surface area (Å²) < 4.78 is 0. The maximum atomic E-state index is 4.78. The molecule has 4 aromatic rings. The summed E-state index contributed by atoms with van der Waals surface area (Å²) in [7, 11) is 0. The van der Waals surface area contributed by atoms with E-state index in [1.54, 1.807) is 0 Å². The lowest BCUT2D eigenvalue weighted by atomic mass is 9.76. The molecule has 2 heterocycles. The van der Waals surface area contributed by atoms with Crippen LogP contribution in [-0.4, -0.2) is 9.97 Å². The molecule has 0 amide bonds. The number of nitrogens with zero attached hydrogens (tertiary/aromatic N) is 2. The average Bonchev–Trinajstić information content (AvgIpc) is 2.66. The molecule has 2 aromatic carbocycles. The van der Waals surface area contributed by atoms with E-state index in [2.05, 4.69) is 88.1 Å². The third kappa shape index (κ3) is 3.28. The Morgan fingerprint density at radius 1 is 0.679 bits per heavy atom. The van der Waals surface area contributed by atoms with E-state index in [9.17, 15) is 0 Å². The zero-order valence-electron chi connectivity index (χ0n) is 17.5. The highest BCUT2D eigenvalue weighted by Crippen LogP contribution is 2.36. The van der Waals surface area contributed by atoms with Crippen molar-refractivity contribution in [3.05, 3.63) is 83.7 Å². The van der Waals surface area contributed by atoms with E-state index in [4.69, 9.17) is 4.98 Å². The zero-order valence-corrected chi connectivity index (χ0v) is 17.5. The van der Waals surface area contributed by atoms with Gasteiger partial charge in [-0.05, 0) is 52.1 Å². The topological polar surface area (TPSA) is 25.8 Å². The largest absolute Gasteiger partial charge is 0.256 e. The maximum absolute atomic E-state index is 4.78. The van der Waals surface area contributed by atoms with E-state index < -0.39 is 0 Å². The van der Waals surface area contributed by atoms with Crippen LogP contribution in [0.3, 0.4) is 0 Å². The van der Waals surface area contributed by atoms with Crippen LogP contribution in [0.2, 0.25) is 0 Å². The molecule has 0 radical (unpaired) electrons. The summed E-state index contributed by atoms with van der Waals surface area (Å²) >= 11 is 0. The first-order valence-corrected chi connectivity index (χ1v) is 9.99. The van der Waals surface area contributed by atoms with Gasteiger partial charge in [0.1, 0.15) is 0 Å².